The van der Waals surface area contributed by atoms with Gasteiger partial charge in [0.05, 0.1) is 17.5 Å². The summed E-state index contributed by atoms with van der Waals surface area (Å²) in [5.74, 6) is 0.343. The number of carbonyl (C=O) groups excluding carboxylic acids is 1. The standard InChI is InChI=1S/C18H25N3O4S/c1-18(2,3)25-17(22)21-11-7-6-8-13(21)12-19-16-14-9-4-5-10-15(14)26(23,24)20-16/h4-5,9-10,13H,6-8,11-12H2,1-3H3,(H,19,20)/t13-/m1/s1. The van der Waals surface area contributed by atoms with Gasteiger partial charge in [-0.15, -0.1) is 0 Å². The number of piperidine rings is 1. The lowest BCUT2D eigenvalue weighted by molar-refractivity contribution is 0.0110. The summed E-state index contributed by atoms with van der Waals surface area (Å²) in [4.78, 5) is 18.9. The Balaban J connectivity index is 1.77. The van der Waals surface area contributed by atoms with E-state index >= 15 is 0 Å². The van der Waals surface area contributed by atoms with Crippen molar-refractivity contribution in [2.24, 2.45) is 4.99 Å². The largest absolute Gasteiger partial charge is 0.444 e. The maximum absolute atomic E-state index is 12.5. The Bertz CT molecular complexity index is 827. The van der Waals surface area contributed by atoms with Crippen LogP contribution in [-0.2, 0) is 14.8 Å². The first-order valence-electron chi connectivity index (χ1n) is 8.84. The molecule has 2 heterocycles. The average Bonchev–Trinajstić information content (AvgIpc) is 2.83. The molecule has 0 radical (unpaired) electrons. The van der Waals surface area contributed by atoms with Crippen LogP contribution in [0.25, 0.3) is 0 Å². The maximum Gasteiger partial charge on any atom is 0.410 e. The number of hydrogen-bond donors (Lipinski definition) is 1. The van der Waals surface area contributed by atoms with Crippen LogP contribution in [0.1, 0.15) is 45.6 Å². The number of sulfonamides is 1. The molecule has 7 nitrogen and oxygen atoms in total. The van der Waals surface area contributed by atoms with Crippen LogP contribution in [0.2, 0.25) is 0 Å². The van der Waals surface area contributed by atoms with Crippen LogP contribution >= 0.6 is 0 Å². The van der Waals surface area contributed by atoms with Gasteiger partial charge in [-0.2, -0.15) is 0 Å². The van der Waals surface area contributed by atoms with E-state index in [1.54, 1.807) is 29.2 Å². The zero-order chi connectivity index (χ0) is 18.9. The predicted molar refractivity (Wildman–Crippen MR) is 98.7 cm³/mol. The SMILES string of the molecule is CC(C)(C)OC(=O)N1CCCC[C@@H]1CN=C1NS(=O)(=O)c2ccccc21. The summed E-state index contributed by atoms with van der Waals surface area (Å²) in [7, 11) is -3.55. The molecule has 0 bridgehead atoms. The van der Waals surface area contributed by atoms with Crippen LogP contribution in [0.4, 0.5) is 4.79 Å². The minimum Gasteiger partial charge on any atom is -0.444 e. The molecule has 1 N–H and O–H groups in total. The molecule has 1 aromatic carbocycles. The fourth-order valence-corrected chi connectivity index (χ4v) is 4.45. The highest BCUT2D eigenvalue weighted by Gasteiger charge is 2.33. The topological polar surface area (TPSA) is 88.1 Å². The van der Waals surface area contributed by atoms with Crippen LogP contribution in [0.5, 0.6) is 0 Å². The monoisotopic (exact) mass is 379 g/mol. The van der Waals surface area contributed by atoms with Gasteiger partial charge >= 0.3 is 6.09 Å². The maximum atomic E-state index is 12.5. The van der Waals surface area contributed by atoms with Gasteiger partial charge in [-0.1, -0.05) is 12.1 Å². The molecule has 0 saturated carbocycles. The van der Waals surface area contributed by atoms with Crippen molar-refractivity contribution < 1.29 is 17.9 Å². The molecular weight excluding hydrogens is 354 g/mol. The predicted octanol–water partition coefficient (Wildman–Crippen LogP) is 2.51. The fourth-order valence-electron chi connectivity index (χ4n) is 3.20. The third-order valence-corrected chi connectivity index (χ3v) is 5.78. The Kier molecular flexibility index (Phi) is 4.96. The highest BCUT2D eigenvalue weighted by Crippen LogP contribution is 2.24. The molecule has 0 spiro atoms. The van der Waals surface area contributed by atoms with Crippen molar-refractivity contribution in [3.8, 4) is 0 Å². The number of carbonyl (C=O) groups is 1. The minimum atomic E-state index is -3.55. The molecule has 1 amide bonds. The average molecular weight is 379 g/mol. The van der Waals surface area contributed by atoms with Crippen LogP contribution in [0.15, 0.2) is 34.2 Å². The second-order valence-corrected chi connectivity index (χ2v) is 9.27. The van der Waals surface area contributed by atoms with Crippen LogP contribution in [0, 0.1) is 0 Å². The van der Waals surface area contributed by atoms with Gasteiger partial charge in [0.15, 0.2) is 0 Å². The summed E-state index contributed by atoms with van der Waals surface area (Å²) < 4.78 is 32.3. The number of nitrogens with one attached hydrogen (secondary N) is 1. The quantitative estimate of drug-likeness (QED) is 0.855. The number of likely N-dealkylation sites (tertiary alicyclic amines) is 1. The molecule has 3 rings (SSSR count). The van der Waals surface area contributed by atoms with Crippen LogP contribution in [-0.4, -0.2) is 50.0 Å². The summed E-state index contributed by atoms with van der Waals surface area (Å²) in [6, 6.07) is 6.67. The molecular formula is C18H25N3O4S. The Labute approximate surface area is 154 Å². The van der Waals surface area contributed by atoms with Crippen LogP contribution < -0.4 is 4.72 Å². The number of benzene rings is 1. The van der Waals surface area contributed by atoms with E-state index in [1.165, 1.54) is 0 Å². The van der Waals surface area contributed by atoms with E-state index in [2.05, 4.69) is 9.71 Å². The first-order chi connectivity index (χ1) is 12.2. The summed E-state index contributed by atoms with van der Waals surface area (Å²) >= 11 is 0. The number of amidine groups is 1. The van der Waals surface area contributed by atoms with E-state index in [0.717, 1.165) is 19.3 Å². The van der Waals surface area contributed by atoms with E-state index in [4.69, 9.17) is 4.74 Å². The Morgan fingerprint density at radius 3 is 2.77 bits per heavy atom. The zero-order valence-corrected chi connectivity index (χ0v) is 16.2. The summed E-state index contributed by atoms with van der Waals surface area (Å²) in [5, 5.41) is 0. The summed E-state index contributed by atoms with van der Waals surface area (Å²) in [6.07, 6.45) is 2.43. The molecule has 2 aliphatic rings. The van der Waals surface area contributed by atoms with Gasteiger partial charge in [0.2, 0.25) is 0 Å². The lowest BCUT2D eigenvalue weighted by Gasteiger charge is -2.36. The Morgan fingerprint density at radius 2 is 2.04 bits per heavy atom. The molecule has 1 saturated heterocycles. The van der Waals surface area contributed by atoms with Crippen molar-refractivity contribution in [3.05, 3.63) is 29.8 Å². The molecule has 1 aromatic rings. The normalized spacial score (nSPS) is 23.4. The fraction of sp³-hybridized carbons (Fsp3) is 0.556. The number of aliphatic imine (C=N–C) groups is 1. The second kappa shape index (κ2) is 6.90. The molecule has 2 aliphatic heterocycles. The number of ether oxygens (including phenoxy) is 1. The van der Waals surface area contributed by atoms with Crippen molar-refractivity contribution in [3.63, 3.8) is 0 Å². The van der Waals surface area contributed by atoms with Crippen molar-refractivity contribution in [2.75, 3.05) is 13.1 Å². The first kappa shape index (κ1) is 18.7. The van der Waals surface area contributed by atoms with E-state index in [9.17, 15) is 13.2 Å². The molecule has 0 aromatic heterocycles. The highest BCUT2D eigenvalue weighted by atomic mass is 32.2. The summed E-state index contributed by atoms with van der Waals surface area (Å²) in [6.45, 7) is 6.50. The first-order valence-corrected chi connectivity index (χ1v) is 10.3. The van der Waals surface area contributed by atoms with Gasteiger partial charge in [0, 0.05) is 12.1 Å². The van der Waals surface area contributed by atoms with Crippen molar-refractivity contribution >= 4 is 22.0 Å². The third-order valence-electron chi connectivity index (χ3n) is 4.38. The molecule has 142 valence electrons. The van der Waals surface area contributed by atoms with E-state index in [0.29, 0.717) is 24.5 Å². The Hall–Kier alpha value is -2.09. The van der Waals surface area contributed by atoms with E-state index in [1.807, 2.05) is 20.8 Å². The number of nitrogens with zero attached hydrogens (tertiary/aromatic N) is 2. The lowest BCUT2D eigenvalue weighted by atomic mass is 10.0. The molecule has 1 atom stereocenters. The number of fused-ring (bicyclic) bond motifs is 1. The van der Waals surface area contributed by atoms with Crippen molar-refractivity contribution in [1.82, 2.24) is 9.62 Å². The van der Waals surface area contributed by atoms with Crippen molar-refractivity contribution in [1.29, 1.82) is 0 Å². The summed E-state index contributed by atoms with van der Waals surface area (Å²) in [5.41, 5.74) is 0.0254. The molecule has 26 heavy (non-hydrogen) atoms. The molecule has 1 fully saturated rings. The molecule has 0 aliphatic carbocycles. The van der Waals surface area contributed by atoms with Gasteiger partial charge in [-0.05, 0) is 52.2 Å². The van der Waals surface area contributed by atoms with Crippen LogP contribution in [0.3, 0.4) is 0 Å². The molecule has 8 heteroatoms. The van der Waals surface area contributed by atoms with Gasteiger partial charge in [0.1, 0.15) is 11.4 Å². The third kappa shape index (κ3) is 4.00. The van der Waals surface area contributed by atoms with Gasteiger partial charge < -0.3 is 9.64 Å². The number of hydrogen-bond acceptors (Lipinski definition) is 5. The highest BCUT2D eigenvalue weighted by molar-refractivity contribution is 7.90. The van der Waals surface area contributed by atoms with Crippen molar-refractivity contribution in [2.45, 2.75) is 56.6 Å². The van der Waals surface area contributed by atoms with Gasteiger partial charge in [-0.25, -0.2) is 13.2 Å². The number of amides is 1. The minimum absolute atomic E-state index is 0.0941. The smallest absolute Gasteiger partial charge is 0.410 e. The number of rotatable bonds is 2. The lowest BCUT2D eigenvalue weighted by Crippen LogP contribution is -2.47. The molecule has 0 unspecified atom stereocenters. The van der Waals surface area contributed by atoms with Gasteiger partial charge in [-0.3, -0.25) is 9.71 Å². The zero-order valence-electron chi connectivity index (χ0n) is 15.4. The second-order valence-electron chi connectivity index (χ2n) is 7.61. The Morgan fingerprint density at radius 1 is 1.31 bits per heavy atom. The van der Waals surface area contributed by atoms with E-state index < -0.39 is 15.6 Å². The van der Waals surface area contributed by atoms with Gasteiger partial charge in [0.25, 0.3) is 10.0 Å². The van der Waals surface area contributed by atoms with E-state index in [-0.39, 0.29) is 17.0 Å².